The number of aliphatic hydroxyl groups excluding tert-OH is 1. The molecule has 0 aliphatic rings. The summed E-state index contributed by atoms with van der Waals surface area (Å²) in [5.74, 6) is -1.09. The summed E-state index contributed by atoms with van der Waals surface area (Å²) in [6.45, 7) is 3.73. The van der Waals surface area contributed by atoms with Crippen LogP contribution in [-0.2, 0) is 4.79 Å². The van der Waals surface area contributed by atoms with Crippen LogP contribution in [0.1, 0.15) is 20.3 Å². The summed E-state index contributed by atoms with van der Waals surface area (Å²) in [5, 5.41) is 21.1. The topological polar surface area (TPSA) is 69.6 Å². The third-order valence-corrected chi connectivity index (χ3v) is 2.25. The molecule has 3 N–H and O–H groups in total. The molecule has 14 heavy (non-hydrogen) atoms. The molecule has 0 bridgehead atoms. The molecule has 4 nitrogen and oxygen atoms in total. The quantitative estimate of drug-likeness (QED) is 0.551. The zero-order valence-corrected chi connectivity index (χ0v) is 8.90. The largest absolute Gasteiger partial charge is 0.480 e. The van der Waals surface area contributed by atoms with Crippen molar-refractivity contribution in [1.29, 1.82) is 0 Å². The molecule has 3 atom stereocenters. The van der Waals surface area contributed by atoms with Gasteiger partial charge in [-0.2, -0.15) is 0 Å². The predicted molar refractivity (Wildman–Crippen MR) is 55.1 cm³/mol. The predicted octanol–water partition coefficient (Wildman–Crippen LogP) is 0.622. The van der Waals surface area contributed by atoms with Gasteiger partial charge in [-0.25, -0.2) is 0 Å². The minimum atomic E-state index is -1.02. The Kier molecular flexibility index (Phi) is 6.16. The van der Waals surface area contributed by atoms with Gasteiger partial charge < -0.3 is 15.5 Å². The molecular formula is C10H19NO3. The number of carboxylic acids is 1. The van der Waals surface area contributed by atoms with Crippen LogP contribution in [0, 0.1) is 5.92 Å². The summed E-state index contributed by atoms with van der Waals surface area (Å²) in [4.78, 5) is 10.7. The Morgan fingerprint density at radius 1 is 1.57 bits per heavy atom. The number of hydrogen-bond acceptors (Lipinski definition) is 3. The summed E-state index contributed by atoms with van der Waals surface area (Å²) >= 11 is 0. The van der Waals surface area contributed by atoms with Gasteiger partial charge >= 0.3 is 5.97 Å². The van der Waals surface area contributed by atoms with Crippen molar-refractivity contribution in [2.75, 3.05) is 7.05 Å². The molecule has 0 aliphatic carbocycles. The van der Waals surface area contributed by atoms with Crippen molar-refractivity contribution in [3.05, 3.63) is 12.2 Å². The minimum absolute atomic E-state index is 0.0697. The Balaban J connectivity index is 4.26. The molecule has 0 heterocycles. The van der Waals surface area contributed by atoms with Crippen molar-refractivity contribution < 1.29 is 15.0 Å². The van der Waals surface area contributed by atoms with Gasteiger partial charge in [0, 0.05) is 0 Å². The van der Waals surface area contributed by atoms with Gasteiger partial charge in [0.25, 0.3) is 0 Å². The van der Waals surface area contributed by atoms with E-state index in [1.54, 1.807) is 0 Å². The average molecular weight is 201 g/mol. The van der Waals surface area contributed by atoms with E-state index < -0.39 is 18.1 Å². The number of carbonyl (C=O) groups is 1. The molecule has 0 saturated carbocycles. The van der Waals surface area contributed by atoms with E-state index in [1.165, 1.54) is 7.05 Å². The van der Waals surface area contributed by atoms with Gasteiger partial charge in [0.2, 0.25) is 0 Å². The fraction of sp³-hybridized carbons (Fsp3) is 0.700. The van der Waals surface area contributed by atoms with E-state index in [9.17, 15) is 9.90 Å². The van der Waals surface area contributed by atoms with Crippen molar-refractivity contribution in [2.45, 2.75) is 32.4 Å². The van der Waals surface area contributed by atoms with Gasteiger partial charge in [-0.3, -0.25) is 4.79 Å². The lowest BCUT2D eigenvalue weighted by atomic mass is 9.95. The molecule has 0 saturated heterocycles. The number of nitrogens with one attached hydrogen (secondary N) is 1. The number of likely N-dealkylation sites (N-methyl/N-ethyl adjacent to an activating group) is 1. The van der Waals surface area contributed by atoms with Crippen molar-refractivity contribution in [3.8, 4) is 0 Å². The van der Waals surface area contributed by atoms with Crippen LogP contribution in [0.2, 0.25) is 0 Å². The lowest BCUT2D eigenvalue weighted by molar-refractivity contribution is -0.143. The highest BCUT2D eigenvalue weighted by Crippen LogP contribution is 2.12. The van der Waals surface area contributed by atoms with Gasteiger partial charge in [0.15, 0.2) is 0 Å². The third-order valence-electron chi connectivity index (χ3n) is 2.25. The number of hydrogen-bond donors (Lipinski definition) is 3. The molecule has 0 aromatic heterocycles. The molecule has 0 aliphatic heterocycles. The normalized spacial score (nSPS) is 18.0. The second kappa shape index (κ2) is 6.56. The molecule has 4 heteroatoms. The Hall–Kier alpha value is -0.870. The smallest absolute Gasteiger partial charge is 0.323 e. The molecule has 0 radical (unpaired) electrons. The van der Waals surface area contributed by atoms with Crippen molar-refractivity contribution in [2.24, 2.45) is 5.92 Å². The summed E-state index contributed by atoms with van der Waals surface area (Å²) < 4.78 is 0. The standard InChI is InChI=1S/C10H19NO3/c1-4-5-6-7(2)9(12)8(11-3)10(13)14/h4-5,7-9,11-12H,6H2,1-3H3,(H,13,14)/t7-,8+,9-/m0/s1. The van der Waals surface area contributed by atoms with E-state index in [0.29, 0.717) is 6.42 Å². The van der Waals surface area contributed by atoms with Gasteiger partial charge in [-0.15, -0.1) is 0 Å². The lowest BCUT2D eigenvalue weighted by Crippen LogP contribution is -2.47. The average Bonchev–Trinajstić information content (AvgIpc) is 2.14. The Morgan fingerprint density at radius 3 is 2.50 bits per heavy atom. The van der Waals surface area contributed by atoms with Crippen LogP contribution in [0.15, 0.2) is 12.2 Å². The van der Waals surface area contributed by atoms with Crippen LogP contribution in [-0.4, -0.2) is 35.4 Å². The molecule has 0 fully saturated rings. The first-order valence-electron chi connectivity index (χ1n) is 4.73. The highest BCUT2D eigenvalue weighted by atomic mass is 16.4. The summed E-state index contributed by atoms with van der Waals surface area (Å²) in [6, 6.07) is -0.893. The van der Waals surface area contributed by atoms with Gasteiger partial charge in [-0.1, -0.05) is 19.1 Å². The molecule has 0 rings (SSSR count). The van der Waals surface area contributed by atoms with E-state index >= 15 is 0 Å². The maximum Gasteiger partial charge on any atom is 0.323 e. The molecule has 0 unspecified atom stereocenters. The summed E-state index contributed by atoms with van der Waals surface area (Å²) in [7, 11) is 1.53. The van der Waals surface area contributed by atoms with Crippen LogP contribution in [0.3, 0.4) is 0 Å². The van der Waals surface area contributed by atoms with Crippen LogP contribution >= 0.6 is 0 Å². The van der Waals surface area contributed by atoms with Gasteiger partial charge in [0.1, 0.15) is 6.04 Å². The maximum atomic E-state index is 10.7. The van der Waals surface area contributed by atoms with E-state index in [-0.39, 0.29) is 5.92 Å². The van der Waals surface area contributed by atoms with Gasteiger partial charge in [0.05, 0.1) is 6.10 Å². The van der Waals surface area contributed by atoms with Crippen LogP contribution in [0.4, 0.5) is 0 Å². The van der Waals surface area contributed by atoms with Crippen LogP contribution in [0.5, 0.6) is 0 Å². The summed E-state index contributed by atoms with van der Waals surface area (Å²) in [6.07, 6.45) is 3.62. The Labute approximate surface area is 84.6 Å². The minimum Gasteiger partial charge on any atom is -0.480 e. The van der Waals surface area contributed by atoms with Crippen molar-refractivity contribution in [1.82, 2.24) is 5.32 Å². The lowest BCUT2D eigenvalue weighted by Gasteiger charge is -2.23. The van der Waals surface area contributed by atoms with Gasteiger partial charge in [-0.05, 0) is 26.3 Å². The van der Waals surface area contributed by atoms with E-state index in [2.05, 4.69) is 5.32 Å². The fourth-order valence-corrected chi connectivity index (χ4v) is 1.26. The second-order valence-corrected chi connectivity index (χ2v) is 3.38. The maximum absolute atomic E-state index is 10.7. The van der Waals surface area contributed by atoms with Crippen molar-refractivity contribution >= 4 is 5.97 Å². The number of aliphatic hydroxyl groups is 1. The monoisotopic (exact) mass is 201 g/mol. The van der Waals surface area contributed by atoms with E-state index in [4.69, 9.17) is 5.11 Å². The van der Waals surface area contributed by atoms with E-state index in [0.717, 1.165) is 0 Å². The first-order chi connectivity index (χ1) is 6.54. The third kappa shape index (κ3) is 3.89. The van der Waals surface area contributed by atoms with Crippen LogP contribution < -0.4 is 5.32 Å². The zero-order valence-electron chi connectivity index (χ0n) is 8.90. The molecular weight excluding hydrogens is 182 g/mol. The first kappa shape index (κ1) is 13.1. The molecule has 0 aromatic carbocycles. The first-order valence-corrected chi connectivity index (χ1v) is 4.73. The van der Waals surface area contributed by atoms with Crippen molar-refractivity contribution in [3.63, 3.8) is 0 Å². The number of rotatable bonds is 6. The second-order valence-electron chi connectivity index (χ2n) is 3.38. The highest BCUT2D eigenvalue weighted by Gasteiger charge is 2.28. The molecule has 0 spiro atoms. The summed E-state index contributed by atoms with van der Waals surface area (Å²) in [5.41, 5.74) is 0. The highest BCUT2D eigenvalue weighted by molar-refractivity contribution is 5.74. The fourth-order valence-electron chi connectivity index (χ4n) is 1.26. The molecule has 0 amide bonds. The van der Waals surface area contributed by atoms with Crippen LogP contribution in [0.25, 0.3) is 0 Å². The van der Waals surface area contributed by atoms with E-state index in [1.807, 2.05) is 26.0 Å². The molecule has 0 aromatic rings. The number of carboxylic acid groups (broad SMARTS) is 1. The Bertz CT molecular complexity index is 204. The Morgan fingerprint density at radius 2 is 2.14 bits per heavy atom. The number of aliphatic carboxylic acids is 1. The zero-order chi connectivity index (χ0) is 11.1. The number of allylic oxidation sites excluding steroid dienone is 2. The SMILES string of the molecule is CC=CC[C@H](C)[C@H](O)[C@@H](NC)C(=O)O. The molecule has 82 valence electrons.